The van der Waals surface area contributed by atoms with Crippen molar-refractivity contribution in [3.05, 3.63) is 0 Å². The van der Waals surface area contributed by atoms with Crippen molar-refractivity contribution in [2.24, 2.45) is 5.73 Å². The number of nitrogens with zero attached hydrogens (tertiary/aromatic N) is 1. The largest absolute Gasteiger partial charge is 0.368 e. The van der Waals surface area contributed by atoms with E-state index in [4.69, 9.17) is 11.1 Å². The summed E-state index contributed by atoms with van der Waals surface area (Å²) in [5.74, 6) is 0.223. The van der Waals surface area contributed by atoms with Gasteiger partial charge in [-0.05, 0) is 25.8 Å². The fourth-order valence-electron chi connectivity index (χ4n) is 2.61. The molecule has 0 aromatic carbocycles. The lowest BCUT2D eigenvalue weighted by Gasteiger charge is -2.52. The maximum absolute atomic E-state index is 11.2. The van der Waals surface area contributed by atoms with Crippen LogP contribution in [0.2, 0.25) is 0 Å². The van der Waals surface area contributed by atoms with Crippen molar-refractivity contribution >= 4 is 11.7 Å². The van der Waals surface area contributed by atoms with Crippen molar-refractivity contribution < 1.29 is 4.79 Å². The molecule has 0 aromatic heterocycles. The third-order valence-electron chi connectivity index (χ3n) is 3.52. The first-order chi connectivity index (χ1) is 7.10. The van der Waals surface area contributed by atoms with Gasteiger partial charge < -0.3 is 16.0 Å². The van der Waals surface area contributed by atoms with Crippen molar-refractivity contribution in [3.63, 3.8) is 0 Å². The molecular weight excluding hydrogens is 192 g/mol. The number of hydrogen-bond acceptors (Lipinski definition) is 3. The van der Waals surface area contributed by atoms with Crippen LogP contribution in [0.5, 0.6) is 0 Å². The van der Waals surface area contributed by atoms with E-state index in [0.29, 0.717) is 12.3 Å². The first-order valence-corrected chi connectivity index (χ1v) is 5.51. The highest BCUT2D eigenvalue weighted by Crippen LogP contribution is 2.33. The minimum absolute atomic E-state index is 0.136. The molecule has 2 rings (SSSR count). The second kappa shape index (κ2) is 3.48. The topological polar surface area (TPSA) is 82.2 Å². The van der Waals surface area contributed by atoms with Crippen LogP contribution in [0.25, 0.3) is 0 Å². The summed E-state index contributed by atoms with van der Waals surface area (Å²) in [5.41, 5.74) is 5.17. The summed E-state index contributed by atoms with van der Waals surface area (Å²) >= 11 is 0. The molecule has 0 aliphatic carbocycles. The normalized spacial score (nSPS) is 31.8. The van der Waals surface area contributed by atoms with E-state index in [0.717, 1.165) is 25.9 Å². The molecule has 2 fully saturated rings. The predicted octanol–water partition coefficient (Wildman–Crippen LogP) is -0.335. The lowest BCUT2D eigenvalue weighted by molar-refractivity contribution is -0.123. The second-order valence-electron chi connectivity index (χ2n) is 4.42. The fraction of sp³-hybridized carbons (Fsp3) is 0.800. The molecule has 5 nitrogen and oxygen atoms in total. The predicted molar refractivity (Wildman–Crippen MR) is 57.7 cm³/mol. The molecular formula is C10H18N4O. The van der Waals surface area contributed by atoms with Gasteiger partial charge in [-0.15, -0.1) is 0 Å². The summed E-state index contributed by atoms with van der Waals surface area (Å²) in [6, 6.07) is -0.300. The van der Waals surface area contributed by atoms with E-state index in [1.165, 1.54) is 0 Å². The Hall–Kier alpha value is -1.10. The van der Waals surface area contributed by atoms with Crippen LogP contribution in [0.1, 0.15) is 26.2 Å². The minimum Gasteiger partial charge on any atom is -0.368 e. The van der Waals surface area contributed by atoms with Crippen LogP contribution >= 0.6 is 0 Å². The highest BCUT2D eigenvalue weighted by molar-refractivity contribution is 5.99. The standard InChI is InChI=1S/C10H18N4O/c1-2-7(8(11)15)14-6-10(9(14)12)4-3-5-13-10/h7,12-13H,2-6H2,1H3,(H2,11,15)/t7-,10?/m0/s1. The van der Waals surface area contributed by atoms with Gasteiger partial charge in [0.05, 0.1) is 5.54 Å². The molecule has 1 unspecified atom stereocenters. The average molecular weight is 210 g/mol. The number of primary amides is 1. The summed E-state index contributed by atoms with van der Waals surface area (Å²) in [6.45, 7) is 3.66. The molecule has 84 valence electrons. The quantitative estimate of drug-likeness (QED) is 0.596. The van der Waals surface area contributed by atoms with E-state index in [2.05, 4.69) is 5.32 Å². The second-order valence-corrected chi connectivity index (χ2v) is 4.42. The van der Waals surface area contributed by atoms with Crippen LogP contribution in [-0.2, 0) is 4.79 Å². The Balaban J connectivity index is 2.04. The van der Waals surface area contributed by atoms with Crippen LogP contribution in [0, 0.1) is 5.41 Å². The molecule has 2 atom stereocenters. The van der Waals surface area contributed by atoms with E-state index in [1.54, 1.807) is 0 Å². The van der Waals surface area contributed by atoms with E-state index in [-0.39, 0.29) is 17.5 Å². The number of nitrogens with one attached hydrogen (secondary N) is 2. The Kier molecular flexibility index (Phi) is 2.42. The Morgan fingerprint density at radius 1 is 1.80 bits per heavy atom. The third-order valence-corrected chi connectivity index (χ3v) is 3.52. The summed E-state index contributed by atoms with van der Waals surface area (Å²) < 4.78 is 0. The van der Waals surface area contributed by atoms with E-state index in [1.807, 2.05) is 11.8 Å². The molecule has 2 aliphatic rings. The van der Waals surface area contributed by atoms with Crippen LogP contribution in [0.15, 0.2) is 0 Å². The molecule has 2 saturated heterocycles. The Morgan fingerprint density at radius 2 is 2.53 bits per heavy atom. The molecule has 5 heteroatoms. The van der Waals surface area contributed by atoms with Gasteiger partial charge in [-0.2, -0.15) is 0 Å². The Bertz CT molecular complexity index is 296. The van der Waals surface area contributed by atoms with Crippen LogP contribution in [0.3, 0.4) is 0 Å². The maximum Gasteiger partial charge on any atom is 0.240 e. The lowest BCUT2D eigenvalue weighted by Crippen LogP contribution is -2.74. The lowest BCUT2D eigenvalue weighted by atomic mass is 9.84. The van der Waals surface area contributed by atoms with Gasteiger partial charge in [0.1, 0.15) is 11.9 Å². The number of nitrogens with two attached hydrogens (primary N) is 1. The third kappa shape index (κ3) is 1.42. The summed E-state index contributed by atoms with van der Waals surface area (Å²) in [7, 11) is 0. The number of likely N-dealkylation sites (tertiary alicyclic amines) is 1. The van der Waals surface area contributed by atoms with Gasteiger partial charge in [0.25, 0.3) is 0 Å². The van der Waals surface area contributed by atoms with E-state index >= 15 is 0 Å². The minimum atomic E-state index is -0.324. The Labute approximate surface area is 89.5 Å². The number of amidine groups is 1. The van der Waals surface area contributed by atoms with E-state index < -0.39 is 0 Å². The number of carbonyl (C=O) groups is 1. The molecule has 0 saturated carbocycles. The highest BCUT2D eigenvalue weighted by Gasteiger charge is 2.52. The fourth-order valence-corrected chi connectivity index (χ4v) is 2.61. The van der Waals surface area contributed by atoms with Gasteiger partial charge in [0, 0.05) is 6.54 Å². The zero-order chi connectivity index (χ0) is 11.1. The van der Waals surface area contributed by atoms with Crippen LogP contribution < -0.4 is 11.1 Å². The maximum atomic E-state index is 11.2. The van der Waals surface area contributed by atoms with Crippen molar-refractivity contribution in [1.82, 2.24) is 10.2 Å². The highest BCUT2D eigenvalue weighted by atomic mass is 16.1. The molecule has 15 heavy (non-hydrogen) atoms. The van der Waals surface area contributed by atoms with Gasteiger partial charge in [0.2, 0.25) is 5.91 Å². The van der Waals surface area contributed by atoms with Crippen LogP contribution in [-0.4, -0.2) is 41.3 Å². The van der Waals surface area contributed by atoms with Crippen molar-refractivity contribution in [3.8, 4) is 0 Å². The number of hydrogen-bond donors (Lipinski definition) is 3. The summed E-state index contributed by atoms with van der Waals surface area (Å²) in [4.78, 5) is 13.0. The smallest absolute Gasteiger partial charge is 0.240 e. The van der Waals surface area contributed by atoms with Crippen molar-refractivity contribution in [1.29, 1.82) is 5.41 Å². The van der Waals surface area contributed by atoms with Gasteiger partial charge in [0.15, 0.2) is 0 Å². The van der Waals surface area contributed by atoms with Gasteiger partial charge in [-0.25, -0.2) is 0 Å². The molecule has 0 aromatic rings. The molecule has 4 N–H and O–H groups in total. The van der Waals surface area contributed by atoms with Gasteiger partial charge in [-0.3, -0.25) is 10.2 Å². The van der Waals surface area contributed by atoms with Gasteiger partial charge in [-0.1, -0.05) is 6.92 Å². The van der Waals surface area contributed by atoms with E-state index in [9.17, 15) is 4.79 Å². The molecule has 0 radical (unpaired) electrons. The number of amides is 1. The zero-order valence-corrected chi connectivity index (χ0v) is 9.05. The molecule has 2 aliphatic heterocycles. The summed E-state index contributed by atoms with van der Waals surface area (Å²) in [5, 5.41) is 11.4. The van der Waals surface area contributed by atoms with Gasteiger partial charge >= 0.3 is 0 Å². The zero-order valence-electron chi connectivity index (χ0n) is 9.05. The average Bonchev–Trinajstić information content (AvgIpc) is 2.68. The Morgan fingerprint density at radius 3 is 2.93 bits per heavy atom. The van der Waals surface area contributed by atoms with Crippen LogP contribution in [0.4, 0.5) is 0 Å². The monoisotopic (exact) mass is 210 g/mol. The number of carbonyl (C=O) groups excluding carboxylic acids is 1. The molecule has 1 spiro atoms. The summed E-state index contributed by atoms with van der Waals surface area (Å²) in [6.07, 6.45) is 2.80. The molecule has 1 amide bonds. The first kappa shape index (κ1) is 10.4. The molecule has 0 bridgehead atoms. The molecule has 2 heterocycles. The first-order valence-electron chi connectivity index (χ1n) is 5.51. The SMILES string of the molecule is CC[C@@H](C(N)=O)N1CC2(CCCN2)C1=N. The number of rotatable bonds is 3. The van der Waals surface area contributed by atoms with Crippen molar-refractivity contribution in [2.75, 3.05) is 13.1 Å². The van der Waals surface area contributed by atoms with Crippen molar-refractivity contribution in [2.45, 2.75) is 37.8 Å².